The lowest BCUT2D eigenvalue weighted by Gasteiger charge is -2.40. The molecule has 146 valence electrons. The quantitative estimate of drug-likeness (QED) is 0.640. The number of benzene rings is 1. The topological polar surface area (TPSA) is 54.0 Å². The second kappa shape index (κ2) is 10.5. The third kappa shape index (κ3) is 7.32. The highest BCUT2D eigenvalue weighted by Gasteiger charge is 2.28. The van der Waals surface area contributed by atoms with E-state index in [9.17, 15) is 4.79 Å². The van der Waals surface area contributed by atoms with E-state index in [1.807, 2.05) is 42.3 Å². The van der Waals surface area contributed by atoms with Crippen LogP contribution < -0.4 is 10.1 Å². The molecule has 1 amide bonds. The first-order valence-corrected chi connectivity index (χ1v) is 9.43. The summed E-state index contributed by atoms with van der Waals surface area (Å²) in [6, 6.07) is 9.80. The summed E-state index contributed by atoms with van der Waals surface area (Å²) < 4.78 is 11.1. The van der Waals surface area contributed by atoms with Crippen molar-refractivity contribution in [1.29, 1.82) is 0 Å². The minimum atomic E-state index is -0.0540. The SMILES string of the molecule is CN(CCCOc1ccccc1)CC(=O)NCC(C)(C)N1CCOCC1. The number of rotatable bonds is 10. The number of para-hydroxylation sites is 1. The van der Waals surface area contributed by atoms with Crippen LogP contribution >= 0.6 is 0 Å². The van der Waals surface area contributed by atoms with E-state index in [1.54, 1.807) is 0 Å². The van der Waals surface area contributed by atoms with Gasteiger partial charge in [-0.25, -0.2) is 0 Å². The average Bonchev–Trinajstić information content (AvgIpc) is 2.65. The largest absolute Gasteiger partial charge is 0.494 e. The first kappa shape index (κ1) is 20.7. The summed E-state index contributed by atoms with van der Waals surface area (Å²) in [5.41, 5.74) is -0.0540. The summed E-state index contributed by atoms with van der Waals surface area (Å²) in [7, 11) is 1.97. The van der Waals surface area contributed by atoms with Crippen LogP contribution in [0.15, 0.2) is 30.3 Å². The molecule has 1 saturated heterocycles. The number of hydrogen-bond acceptors (Lipinski definition) is 5. The molecule has 0 bridgehead atoms. The van der Waals surface area contributed by atoms with Gasteiger partial charge in [0.25, 0.3) is 0 Å². The monoisotopic (exact) mass is 363 g/mol. The van der Waals surface area contributed by atoms with Crippen molar-refractivity contribution >= 4 is 5.91 Å². The van der Waals surface area contributed by atoms with Crippen molar-refractivity contribution in [3.05, 3.63) is 30.3 Å². The molecule has 0 saturated carbocycles. The van der Waals surface area contributed by atoms with E-state index in [4.69, 9.17) is 9.47 Å². The van der Waals surface area contributed by atoms with Crippen LogP contribution in [0.5, 0.6) is 5.75 Å². The fraction of sp³-hybridized carbons (Fsp3) is 0.650. The minimum Gasteiger partial charge on any atom is -0.494 e. The Hall–Kier alpha value is -1.63. The first-order valence-electron chi connectivity index (χ1n) is 9.43. The molecule has 0 unspecified atom stereocenters. The zero-order valence-electron chi connectivity index (χ0n) is 16.4. The number of carbonyl (C=O) groups is 1. The molecule has 1 aromatic rings. The van der Waals surface area contributed by atoms with Crippen LogP contribution in [0.2, 0.25) is 0 Å². The Morgan fingerprint density at radius 2 is 1.96 bits per heavy atom. The number of morpholine rings is 1. The highest BCUT2D eigenvalue weighted by molar-refractivity contribution is 5.78. The molecule has 1 heterocycles. The fourth-order valence-electron chi connectivity index (χ4n) is 3.02. The molecule has 1 aliphatic heterocycles. The van der Waals surface area contributed by atoms with Crippen molar-refractivity contribution in [2.75, 3.05) is 59.6 Å². The van der Waals surface area contributed by atoms with E-state index >= 15 is 0 Å². The molecule has 2 rings (SSSR count). The van der Waals surface area contributed by atoms with Crippen molar-refractivity contribution < 1.29 is 14.3 Å². The maximum atomic E-state index is 12.2. The van der Waals surface area contributed by atoms with Gasteiger partial charge in [0.1, 0.15) is 5.75 Å². The molecule has 1 aliphatic rings. The van der Waals surface area contributed by atoms with Crippen molar-refractivity contribution in [1.82, 2.24) is 15.1 Å². The summed E-state index contributed by atoms with van der Waals surface area (Å²) >= 11 is 0. The fourth-order valence-corrected chi connectivity index (χ4v) is 3.02. The second-order valence-electron chi connectivity index (χ2n) is 7.44. The number of nitrogens with one attached hydrogen (secondary N) is 1. The highest BCUT2D eigenvalue weighted by Crippen LogP contribution is 2.15. The third-order valence-electron chi connectivity index (χ3n) is 4.69. The van der Waals surface area contributed by atoms with Crippen LogP contribution in [-0.4, -0.2) is 80.8 Å². The Morgan fingerprint density at radius 3 is 2.65 bits per heavy atom. The van der Waals surface area contributed by atoms with E-state index in [2.05, 4.69) is 24.1 Å². The molecule has 26 heavy (non-hydrogen) atoms. The highest BCUT2D eigenvalue weighted by atomic mass is 16.5. The lowest BCUT2D eigenvalue weighted by Crippen LogP contribution is -2.56. The Morgan fingerprint density at radius 1 is 1.27 bits per heavy atom. The van der Waals surface area contributed by atoms with E-state index in [1.165, 1.54) is 0 Å². The predicted molar refractivity (Wildman–Crippen MR) is 104 cm³/mol. The number of amides is 1. The Balaban J connectivity index is 1.59. The van der Waals surface area contributed by atoms with Gasteiger partial charge in [-0.3, -0.25) is 14.6 Å². The van der Waals surface area contributed by atoms with Gasteiger partial charge in [-0.05, 0) is 39.4 Å². The molecular formula is C20H33N3O3. The molecule has 0 radical (unpaired) electrons. The molecule has 6 nitrogen and oxygen atoms in total. The summed E-state index contributed by atoms with van der Waals surface area (Å²) in [5, 5.41) is 3.07. The summed E-state index contributed by atoms with van der Waals surface area (Å²) in [4.78, 5) is 16.6. The van der Waals surface area contributed by atoms with Gasteiger partial charge in [0.05, 0.1) is 26.4 Å². The van der Waals surface area contributed by atoms with E-state index < -0.39 is 0 Å². The molecule has 0 aromatic heterocycles. The summed E-state index contributed by atoms with van der Waals surface area (Å²) in [6.07, 6.45) is 0.887. The van der Waals surface area contributed by atoms with Crippen LogP contribution in [0.4, 0.5) is 0 Å². The summed E-state index contributed by atoms with van der Waals surface area (Å²) in [5.74, 6) is 0.955. The van der Waals surface area contributed by atoms with Gasteiger partial charge in [-0.1, -0.05) is 18.2 Å². The zero-order valence-corrected chi connectivity index (χ0v) is 16.4. The van der Waals surface area contributed by atoms with Gasteiger partial charge in [-0.15, -0.1) is 0 Å². The van der Waals surface area contributed by atoms with Gasteiger partial charge in [0, 0.05) is 31.7 Å². The van der Waals surface area contributed by atoms with E-state index in [0.29, 0.717) is 19.7 Å². The third-order valence-corrected chi connectivity index (χ3v) is 4.69. The summed E-state index contributed by atoms with van der Waals surface area (Å²) in [6.45, 7) is 10.3. The van der Waals surface area contributed by atoms with Crippen LogP contribution in [0.1, 0.15) is 20.3 Å². The molecular weight excluding hydrogens is 330 g/mol. The lowest BCUT2D eigenvalue weighted by molar-refractivity contribution is -0.122. The van der Waals surface area contributed by atoms with Gasteiger partial charge in [-0.2, -0.15) is 0 Å². The normalized spacial score (nSPS) is 15.8. The molecule has 0 atom stereocenters. The maximum absolute atomic E-state index is 12.2. The molecule has 6 heteroatoms. The van der Waals surface area contributed by atoms with Gasteiger partial charge in [0.2, 0.25) is 5.91 Å². The standard InChI is InChI=1S/C20H33N3O3/c1-20(2,23-11-14-25-15-12-23)17-21-19(24)16-22(3)10-7-13-26-18-8-5-4-6-9-18/h4-6,8-9H,7,10-17H2,1-3H3,(H,21,24). The zero-order chi connectivity index (χ0) is 18.8. The molecule has 1 fully saturated rings. The van der Waals surface area contributed by atoms with Crippen molar-refractivity contribution in [2.45, 2.75) is 25.8 Å². The molecule has 1 aromatic carbocycles. The van der Waals surface area contributed by atoms with Crippen molar-refractivity contribution in [3.8, 4) is 5.75 Å². The van der Waals surface area contributed by atoms with Crippen LogP contribution in [0.3, 0.4) is 0 Å². The van der Waals surface area contributed by atoms with Crippen LogP contribution in [0.25, 0.3) is 0 Å². The van der Waals surface area contributed by atoms with E-state index in [0.717, 1.165) is 45.0 Å². The number of ether oxygens (including phenoxy) is 2. The minimum absolute atomic E-state index is 0.0540. The van der Waals surface area contributed by atoms with Crippen LogP contribution in [-0.2, 0) is 9.53 Å². The van der Waals surface area contributed by atoms with Gasteiger partial charge < -0.3 is 14.8 Å². The number of hydrogen-bond donors (Lipinski definition) is 1. The van der Waals surface area contributed by atoms with Crippen molar-refractivity contribution in [3.63, 3.8) is 0 Å². The Bertz CT molecular complexity index is 530. The lowest BCUT2D eigenvalue weighted by atomic mass is 10.0. The van der Waals surface area contributed by atoms with E-state index in [-0.39, 0.29) is 11.4 Å². The average molecular weight is 364 g/mol. The smallest absolute Gasteiger partial charge is 0.234 e. The molecule has 1 N–H and O–H groups in total. The molecule has 0 aliphatic carbocycles. The maximum Gasteiger partial charge on any atom is 0.234 e. The number of carbonyl (C=O) groups excluding carboxylic acids is 1. The molecule has 0 spiro atoms. The number of nitrogens with zero attached hydrogens (tertiary/aromatic N) is 2. The Kier molecular flexibility index (Phi) is 8.35. The Labute approximate surface area is 157 Å². The van der Waals surface area contributed by atoms with Gasteiger partial charge >= 0.3 is 0 Å². The number of likely N-dealkylation sites (N-methyl/N-ethyl adjacent to an activating group) is 1. The first-order chi connectivity index (χ1) is 12.5. The predicted octanol–water partition coefficient (Wildman–Crippen LogP) is 1.61. The van der Waals surface area contributed by atoms with Crippen LogP contribution in [0, 0.1) is 0 Å². The van der Waals surface area contributed by atoms with Crippen molar-refractivity contribution in [2.24, 2.45) is 0 Å². The van der Waals surface area contributed by atoms with Gasteiger partial charge in [0.15, 0.2) is 0 Å². The second-order valence-corrected chi connectivity index (χ2v) is 7.44.